The van der Waals surface area contributed by atoms with Gasteiger partial charge in [-0.2, -0.15) is 5.10 Å². The molecule has 10 nitrogen and oxygen atoms in total. The zero-order chi connectivity index (χ0) is 28.2. The molecule has 6 rings (SSSR count). The van der Waals surface area contributed by atoms with Gasteiger partial charge >= 0.3 is 0 Å². The maximum atomic E-state index is 12.4. The predicted molar refractivity (Wildman–Crippen MR) is 163 cm³/mol. The molecule has 11 heteroatoms. The minimum Gasteiger partial charge on any atom is -0.369 e. The van der Waals surface area contributed by atoms with E-state index < -0.39 is 0 Å². The highest BCUT2D eigenvalue weighted by molar-refractivity contribution is 6.31. The molecule has 3 N–H and O–H groups in total. The Labute approximate surface area is 244 Å². The molecule has 2 aliphatic heterocycles. The lowest BCUT2D eigenvalue weighted by atomic mass is 10.1. The zero-order valence-electron chi connectivity index (χ0n) is 23.1. The van der Waals surface area contributed by atoms with Gasteiger partial charge in [0, 0.05) is 74.8 Å². The maximum absolute atomic E-state index is 12.4. The van der Waals surface area contributed by atoms with E-state index in [-0.39, 0.29) is 11.9 Å². The Bertz CT molecular complexity index is 1470. The van der Waals surface area contributed by atoms with E-state index in [0.717, 1.165) is 85.5 Å². The summed E-state index contributed by atoms with van der Waals surface area (Å²) in [5.41, 5.74) is 5.58. The molecular formula is C30H34ClN9O. The SMILES string of the molecule is Cn1cc(Cl)c(CN2CCN(c3ccc(Nc4nccc(-c5ccc(NC(=O)C6CCCN6)cc5)n4)cc3)CC2)n1. The van der Waals surface area contributed by atoms with E-state index in [1.807, 2.05) is 43.6 Å². The van der Waals surface area contributed by atoms with Crippen molar-refractivity contribution in [1.29, 1.82) is 0 Å². The Hall–Kier alpha value is -3.99. The quantitative estimate of drug-likeness (QED) is 0.288. The molecule has 4 aromatic rings. The van der Waals surface area contributed by atoms with Crippen LogP contribution in [0.3, 0.4) is 0 Å². The number of rotatable bonds is 8. The van der Waals surface area contributed by atoms with Crippen molar-refractivity contribution in [2.24, 2.45) is 7.05 Å². The van der Waals surface area contributed by atoms with E-state index >= 15 is 0 Å². The van der Waals surface area contributed by atoms with Crippen molar-refractivity contribution in [3.8, 4) is 11.3 Å². The van der Waals surface area contributed by atoms with Gasteiger partial charge < -0.3 is 20.9 Å². The molecule has 0 bridgehead atoms. The number of nitrogens with zero attached hydrogens (tertiary/aromatic N) is 6. The lowest BCUT2D eigenvalue weighted by Gasteiger charge is -2.35. The Morgan fingerprint density at radius 3 is 2.46 bits per heavy atom. The fourth-order valence-electron chi connectivity index (χ4n) is 5.32. The second kappa shape index (κ2) is 12.3. The van der Waals surface area contributed by atoms with Gasteiger partial charge in [-0.05, 0) is 61.9 Å². The average Bonchev–Trinajstić information content (AvgIpc) is 3.64. The van der Waals surface area contributed by atoms with Crippen molar-refractivity contribution in [3.63, 3.8) is 0 Å². The summed E-state index contributed by atoms with van der Waals surface area (Å²) in [6.45, 7) is 5.48. The lowest BCUT2D eigenvalue weighted by molar-refractivity contribution is -0.117. The molecular weight excluding hydrogens is 538 g/mol. The molecule has 2 aliphatic rings. The first-order valence-electron chi connectivity index (χ1n) is 14.0. The van der Waals surface area contributed by atoms with E-state index in [9.17, 15) is 4.79 Å². The number of hydrogen-bond acceptors (Lipinski definition) is 8. The van der Waals surface area contributed by atoms with Crippen LogP contribution in [0.25, 0.3) is 11.3 Å². The van der Waals surface area contributed by atoms with Crippen LogP contribution >= 0.6 is 11.6 Å². The fourth-order valence-corrected chi connectivity index (χ4v) is 5.55. The van der Waals surface area contributed by atoms with Gasteiger partial charge in [-0.25, -0.2) is 9.97 Å². The van der Waals surface area contributed by atoms with Crippen LogP contribution in [0.2, 0.25) is 5.02 Å². The number of amides is 1. The van der Waals surface area contributed by atoms with Crippen LogP contribution in [-0.4, -0.2) is 69.3 Å². The van der Waals surface area contributed by atoms with E-state index in [4.69, 9.17) is 16.6 Å². The Kier molecular flexibility index (Phi) is 8.13. The Balaban J connectivity index is 1.03. The third-order valence-electron chi connectivity index (χ3n) is 7.57. The highest BCUT2D eigenvalue weighted by Gasteiger charge is 2.22. The van der Waals surface area contributed by atoms with E-state index in [1.54, 1.807) is 10.9 Å². The summed E-state index contributed by atoms with van der Waals surface area (Å²) in [5, 5.41) is 14.7. The van der Waals surface area contributed by atoms with Gasteiger partial charge in [-0.3, -0.25) is 14.4 Å². The molecule has 1 atom stereocenters. The summed E-state index contributed by atoms with van der Waals surface area (Å²) in [4.78, 5) is 26.3. The first-order valence-corrected chi connectivity index (χ1v) is 14.4. The number of aryl methyl sites for hydroxylation is 1. The molecule has 1 unspecified atom stereocenters. The predicted octanol–water partition coefficient (Wildman–Crippen LogP) is 4.29. The van der Waals surface area contributed by atoms with Gasteiger partial charge in [0.1, 0.15) is 0 Å². The summed E-state index contributed by atoms with van der Waals surface area (Å²) in [6.07, 6.45) is 5.51. The van der Waals surface area contributed by atoms with Crippen molar-refractivity contribution >= 4 is 40.5 Å². The topological polar surface area (TPSA) is 103 Å². The molecule has 0 spiro atoms. The van der Waals surface area contributed by atoms with Crippen LogP contribution in [0.5, 0.6) is 0 Å². The number of halogens is 1. The van der Waals surface area contributed by atoms with E-state index in [2.05, 4.69) is 60.1 Å². The normalized spacial score (nSPS) is 17.5. The maximum Gasteiger partial charge on any atom is 0.241 e. The van der Waals surface area contributed by atoms with Crippen molar-refractivity contribution in [1.82, 2.24) is 30.0 Å². The summed E-state index contributed by atoms with van der Waals surface area (Å²) in [7, 11) is 1.90. The van der Waals surface area contributed by atoms with Crippen LogP contribution in [0.4, 0.5) is 23.0 Å². The lowest BCUT2D eigenvalue weighted by Crippen LogP contribution is -2.46. The summed E-state index contributed by atoms with van der Waals surface area (Å²) in [6, 6.07) is 17.9. The van der Waals surface area contributed by atoms with Crippen molar-refractivity contribution in [2.45, 2.75) is 25.4 Å². The Morgan fingerprint density at radius 1 is 1.02 bits per heavy atom. The van der Waals surface area contributed by atoms with Gasteiger partial charge in [-0.15, -0.1) is 0 Å². The first kappa shape index (κ1) is 27.2. The van der Waals surface area contributed by atoms with Crippen LogP contribution < -0.4 is 20.9 Å². The van der Waals surface area contributed by atoms with Crippen molar-refractivity contribution < 1.29 is 4.79 Å². The van der Waals surface area contributed by atoms with Crippen LogP contribution in [0.15, 0.2) is 67.0 Å². The second-order valence-corrected chi connectivity index (χ2v) is 10.9. The number of hydrogen-bond donors (Lipinski definition) is 3. The number of aromatic nitrogens is 4. The number of carbonyl (C=O) groups is 1. The number of carbonyl (C=O) groups excluding carboxylic acids is 1. The minimum absolute atomic E-state index is 0.0167. The third-order valence-corrected chi connectivity index (χ3v) is 7.88. The fraction of sp³-hybridized carbons (Fsp3) is 0.333. The van der Waals surface area contributed by atoms with E-state index in [1.165, 1.54) is 5.69 Å². The molecule has 41 heavy (non-hydrogen) atoms. The van der Waals surface area contributed by atoms with Gasteiger partial charge in [0.05, 0.1) is 22.5 Å². The summed E-state index contributed by atoms with van der Waals surface area (Å²) >= 11 is 6.29. The van der Waals surface area contributed by atoms with Crippen LogP contribution in [-0.2, 0) is 18.4 Å². The number of nitrogens with one attached hydrogen (secondary N) is 3. The highest BCUT2D eigenvalue weighted by Crippen LogP contribution is 2.25. The van der Waals surface area contributed by atoms with Crippen molar-refractivity contribution in [2.75, 3.05) is 48.3 Å². The van der Waals surface area contributed by atoms with Crippen LogP contribution in [0, 0.1) is 0 Å². The van der Waals surface area contributed by atoms with E-state index in [0.29, 0.717) is 5.95 Å². The standard InChI is InChI=1S/C30H34ClN9O/c1-38-19-25(31)28(37-38)20-39-15-17-40(18-16-39)24-10-8-23(9-11-24)35-30-33-14-12-26(36-30)21-4-6-22(7-5-21)34-29(41)27-3-2-13-32-27/h4-12,14,19,27,32H,2-3,13,15-18,20H2,1H3,(H,34,41)(H,33,35,36). The average molecular weight is 572 g/mol. The van der Waals surface area contributed by atoms with Gasteiger partial charge in [0.15, 0.2) is 0 Å². The molecule has 0 aliphatic carbocycles. The monoisotopic (exact) mass is 571 g/mol. The number of benzene rings is 2. The van der Waals surface area contributed by atoms with Gasteiger partial charge in [-0.1, -0.05) is 23.7 Å². The molecule has 4 heterocycles. The Morgan fingerprint density at radius 2 is 1.78 bits per heavy atom. The zero-order valence-corrected chi connectivity index (χ0v) is 23.8. The summed E-state index contributed by atoms with van der Waals surface area (Å²) in [5.74, 6) is 0.546. The molecule has 0 radical (unpaired) electrons. The van der Waals surface area contributed by atoms with Crippen molar-refractivity contribution in [3.05, 3.63) is 77.7 Å². The first-order chi connectivity index (χ1) is 20.0. The van der Waals surface area contributed by atoms with Crippen LogP contribution in [0.1, 0.15) is 18.5 Å². The largest absolute Gasteiger partial charge is 0.369 e. The molecule has 212 valence electrons. The molecule has 2 aromatic heterocycles. The van der Waals surface area contributed by atoms with Gasteiger partial charge in [0.25, 0.3) is 0 Å². The van der Waals surface area contributed by atoms with Gasteiger partial charge in [0.2, 0.25) is 11.9 Å². The molecule has 1 amide bonds. The molecule has 2 saturated heterocycles. The number of piperazine rings is 1. The summed E-state index contributed by atoms with van der Waals surface area (Å²) < 4.78 is 1.76. The third kappa shape index (κ3) is 6.67. The molecule has 2 fully saturated rings. The number of anilines is 4. The molecule has 0 saturated carbocycles. The highest BCUT2D eigenvalue weighted by atomic mass is 35.5. The minimum atomic E-state index is -0.104. The smallest absolute Gasteiger partial charge is 0.241 e. The second-order valence-electron chi connectivity index (χ2n) is 10.5. The molecule has 2 aromatic carbocycles.